The van der Waals surface area contributed by atoms with Crippen LogP contribution >= 0.6 is 11.6 Å². The summed E-state index contributed by atoms with van der Waals surface area (Å²) in [6.07, 6.45) is 6.40. The van der Waals surface area contributed by atoms with Gasteiger partial charge in [0.15, 0.2) is 0 Å². The van der Waals surface area contributed by atoms with E-state index in [0.29, 0.717) is 6.61 Å². The van der Waals surface area contributed by atoms with E-state index < -0.39 is 0 Å². The van der Waals surface area contributed by atoms with Gasteiger partial charge in [0, 0.05) is 5.54 Å². The monoisotopic (exact) mass is 201 g/mol. The fourth-order valence-corrected chi connectivity index (χ4v) is 1.47. The third-order valence-corrected chi connectivity index (χ3v) is 2.48. The summed E-state index contributed by atoms with van der Waals surface area (Å²) in [4.78, 5) is 5.07. The Hall–Kier alpha value is -0.500. The number of nitrogens with zero attached hydrogens (tertiary/aromatic N) is 1. The predicted octanol–water partition coefficient (Wildman–Crippen LogP) is 3.32. The van der Waals surface area contributed by atoms with Crippen molar-refractivity contribution in [3.63, 3.8) is 0 Å². The minimum atomic E-state index is 0.475. The Labute approximate surface area is 84.6 Å². The van der Waals surface area contributed by atoms with Crippen LogP contribution in [0.5, 0.6) is 0 Å². The van der Waals surface area contributed by atoms with Gasteiger partial charge in [0.25, 0.3) is 0 Å². The maximum atomic E-state index is 5.33. The van der Waals surface area contributed by atoms with E-state index in [1.165, 1.54) is 24.1 Å². The van der Waals surface area contributed by atoms with Crippen molar-refractivity contribution in [1.29, 1.82) is 0 Å². The van der Waals surface area contributed by atoms with Crippen LogP contribution in [0.2, 0.25) is 0 Å². The van der Waals surface area contributed by atoms with Crippen molar-refractivity contribution in [2.45, 2.75) is 32.6 Å². The lowest BCUT2D eigenvalue weighted by atomic mass is 9.90. The lowest BCUT2D eigenvalue weighted by molar-refractivity contribution is 0.172. The second-order valence-corrected chi connectivity index (χ2v) is 3.75. The van der Waals surface area contributed by atoms with Gasteiger partial charge in [0.2, 0.25) is 0 Å². The maximum absolute atomic E-state index is 5.33. The summed E-state index contributed by atoms with van der Waals surface area (Å²) in [6, 6.07) is 0. The van der Waals surface area contributed by atoms with E-state index in [-0.39, 0.29) is 0 Å². The van der Waals surface area contributed by atoms with Crippen LogP contribution in [0.25, 0.3) is 0 Å². The number of hydrogen-bond donors (Lipinski definition) is 0. The normalized spacial score (nSPS) is 23.5. The third-order valence-electron chi connectivity index (χ3n) is 2.30. The fourth-order valence-electron chi connectivity index (χ4n) is 1.39. The van der Waals surface area contributed by atoms with Crippen molar-refractivity contribution < 1.29 is 4.84 Å². The molecular formula is C10H16ClNO. The van der Waals surface area contributed by atoms with Gasteiger partial charge in [-0.2, -0.15) is 0 Å². The molecule has 0 heterocycles. The van der Waals surface area contributed by atoms with E-state index in [1.54, 1.807) is 6.08 Å². The molecule has 1 rings (SSSR count). The van der Waals surface area contributed by atoms with Gasteiger partial charge in [-0.1, -0.05) is 23.7 Å². The van der Waals surface area contributed by atoms with Crippen LogP contribution in [0.1, 0.15) is 32.6 Å². The Bertz CT molecular complexity index is 191. The Kier molecular flexibility index (Phi) is 4.91. The van der Waals surface area contributed by atoms with Crippen molar-refractivity contribution >= 4 is 17.3 Å². The molecule has 0 aromatic heterocycles. The van der Waals surface area contributed by atoms with Gasteiger partial charge in [-0.05, 0) is 37.7 Å². The van der Waals surface area contributed by atoms with E-state index in [2.05, 4.69) is 12.1 Å². The van der Waals surface area contributed by atoms with Crippen LogP contribution in [0.4, 0.5) is 0 Å². The molecule has 0 spiro atoms. The zero-order valence-corrected chi connectivity index (χ0v) is 8.76. The summed E-state index contributed by atoms with van der Waals surface area (Å²) < 4.78 is 0. The predicted molar refractivity (Wildman–Crippen MR) is 56.0 cm³/mol. The van der Waals surface area contributed by atoms with E-state index in [1.807, 2.05) is 0 Å². The molecule has 0 unspecified atom stereocenters. The zero-order valence-electron chi connectivity index (χ0n) is 8.00. The molecule has 1 aliphatic rings. The number of oxime groups is 1. The first kappa shape index (κ1) is 10.6. The zero-order chi connectivity index (χ0) is 9.52. The molecule has 0 amide bonds. The number of halogens is 1. The molecule has 2 nitrogen and oxygen atoms in total. The molecule has 1 aliphatic carbocycles. The first-order valence-corrected chi connectivity index (χ1v) is 5.19. The summed E-state index contributed by atoms with van der Waals surface area (Å²) >= 11 is 5.33. The quantitative estimate of drug-likeness (QED) is 0.507. The molecular weight excluding hydrogens is 186 g/mol. The standard InChI is InChI=1S/C10H16ClNO/c1-9-3-5-10(6-4-9)12-13-8-2-7-11/h2,7,9H,3-6,8H2,1H3/b7-2+,12-10?. The smallest absolute Gasteiger partial charge is 0.136 e. The highest BCUT2D eigenvalue weighted by Gasteiger charge is 2.13. The molecule has 0 atom stereocenters. The molecule has 3 heteroatoms. The topological polar surface area (TPSA) is 21.6 Å². The summed E-state index contributed by atoms with van der Waals surface area (Å²) in [6.45, 7) is 2.76. The lowest BCUT2D eigenvalue weighted by Crippen LogP contribution is -2.11. The maximum Gasteiger partial charge on any atom is 0.136 e. The van der Waals surface area contributed by atoms with Crippen LogP contribution in [0.3, 0.4) is 0 Å². The van der Waals surface area contributed by atoms with Crippen LogP contribution in [-0.2, 0) is 4.84 Å². The van der Waals surface area contributed by atoms with Gasteiger partial charge in [0.05, 0.1) is 5.71 Å². The Balaban J connectivity index is 2.19. The highest BCUT2D eigenvalue weighted by atomic mass is 35.5. The summed E-state index contributed by atoms with van der Waals surface area (Å²) in [5, 5.41) is 4.06. The van der Waals surface area contributed by atoms with Crippen LogP contribution in [0, 0.1) is 5.92 Å². The van der Waals surface area contributed by atoms with Gasteiger partial charge >= 0.3 is 0 Å². The first-order valence-electron chi connectivity index (χ1n) is 4.76. The minimum absolute atomic E-state index is 0.475. The first-order chi connectivity index (χ1) is 6.33. The number of hydrogen-bond acceptors (Lipinski definition) is 2. The molecule has 0 aromatic carbocycles. The highest BCUT2D eigenvalue weighted by molar-refractivity contribution is 6.25. The molecule has 0 aliphatic heterocycles. The average molecular weight is 202 g/mol. The average Bonchev–Trinajstić information content (AvgIpc) is 2.15. The van der Waals surface area contributed by atoms with E-state index in [4.69, 9.17) is 16.4 Å². The van der Waals surface area contributed by atoms with Crippen molar-refractivity contribution in [2.75, 3.05) is 6.61 Å². The van der Waals surface area contributed by atoms with Crippen molar-refractivity contribution in [3.05, 3.63) is 11.6 Å². The largest absolute Gasteiger partial charge is 0.392 e. The summed E-state index contributed by atoms with van der Waals surface area (Å²) in [5.74, 6) is 0.849. The Morgan fingerprint density at radius 3 is 2.85 bits per heavy atom. The summed E-state index contributed by atoms with van der Waals surface area (Å²) in [7, 11) is 0. The number of rotatable bonds is 3. The van der Waals surface area contributed by atoms with Crippen LogP contribution < -0.4 is 0 Å². The molecule has 0 bridgehead atoms. The van der Waals surface area contributed by atoms with Gasteiger partial charge in [-0.25, -0.2) is 0 Å². The second-order valence-electron chi connectivity index (χ2n) is 3.50. The molecule has 0 radical (unpaired) electrons. The third kappa shape index (κ3) is 4.32. The molecule has 0 N–H and O–H groups in total. The van der Waals surface area contributed by atoms with Gasteiger partial charge < -0.3 is 4.84 Å². The molecule has 1 fully saturated rings. The molecule has 13 heavy (non-hydrogen) atoms. The van der Waals surface area contributed by atoms with Crippen LogP contribution in [-0.4, -0.2) is 12.3 Å². The van der Waals surface area contributed by atoms with E-state index in [0.717, 1.165) is 18.8 Å². The van der Waals surface area contributed by atoms with Crippen molar-refractivity contribution in [3.8, 4) is 0 Å². The molecule has 0 saturated heterocycles. The SMILES string of the molecule is CC1CCC(=NOC/C=C/Cl)CC1. The molecule has 74 valence electrons. The second kappa shape index (κ2) is 6.03. The van der Waals surface area contributed by atoms with Crippen molar-refractivity contribution in [2.24, 2.45) is 11.1 Å². The van der Waals surface area contributed by atoms with E-state index in [9.17, 15) is 0 Å². The Morgan fingerprint density at radius 1 is 1.54 bits per heavy atom. The summed E-state index contributed by atoms with van der Waals surface area (Å²) in [5.41, 5.74) is 2.64. The fraction of sp³-hybridized carbons (Fsp3) is 0.700. The van der Waals surface area contributed by atoms with Crippen molar-refractivity contribution in [1.82, 2.24) is 0 Å². The van der Waals surface area contributed by atoms with Crippen LogP contribution in [0.15, 0.2) is 16.8 Å². The van der Waals surface area contributed by atoms with Gasteiger partial charge in [-0.15, -0.1) is 0 Å². The molecule has 0 aromatic rings. The Morgan fingerprint density at radius 2 is 2.23 bits per heavy atom. The lowest BCUT2D eigenvalue weighted by Gasteiger charge is -2.18. The molecule has 1 saturated carbocycles. The highest BCUT2D eigenvalue weighted by Crippen LogP contribution is 2.21. The van der Waals surface area contributed by atoms with Gasteiger partial charge in [0.1, 0.15) is 6.61 Å². The van der Waals surface area contributed by atoms with Gasteiger partial charge in [-0.3, -0.25) is 0 Å². The van der Waals surface area contributed by atoms with E-state index >= 15 is 0 Å². The minimum Gasteiger partial charge on any atom is -0.392 e.